The molecular weight excluding hydrogens is 402 g/mol. The van der Waals surface area contributed by atoms with E-state index in [4.69, 9.17) is 4.52 Å². The summed E-state index contributed by atoms with van der Waals surface area (Å²) in [6, 6.07) is 15.5. The Hall–Kier alpha value is -3.19. The highest BCUT2D eigenvalue weighted by Crippen LogP contribution is 2.22. The number of urea groups is 1. The summed E-state index contributed by atoms with van der Waals surface area (Å²) in [6.45, 7) is 7.78. The van der Waals surface area contributed by atoms with Crippen LogP contribution in [0.25, 0.3) is 11.5 Å². The van der Waals surface area contributed by atoms with Gasteiger partial charge in [-0.3, -0.25) is 4.90 Å². The number of hydrogen-bond acceptors (Lipinski definition) is 5. The normalized spacial score (nSPS) is 14.5. The quantitative estimate of drug-likeness (QED) is 0.537. The van der Waals surface area contributed by atoms with Crippen molar-refractivity contribution >= 4 is 11.7 Å². The first-order valence-corrected chi connectivity index (χ1v) is 11.4. The number of carbonyl (C=O) groups is 1. The van der Waals surface area contributed by atoms with Gasteiger partial charge in [0.05, 0.1) is 0 Å². The molecule has 2 amide bonds. The summed E-state index contributed by atoms with van der Waals surface area (Å²) in [5, 5.41) is 9.86. The van der Waals surface area contributed by atoms with Gasteiger partial charge in [0.2, 0.25) is 0 Å². The molecule has 4 rings (SSSR count). The fourth-order valence-corrected chi connectivity index (χ4v) is 3.88. The van der Waals surface area contributed by atoms with Crippen LogP contribution in [-0.4, -0.2) is 34.2 Å². The first kappa shape index (κ1) is 22.0. The van der Waals surface area contributed by atoms with Crippen LogP contribution in [-0.2, 0) is 13.1 Å². The summed E-state index contributed by atoms with van der Waals surface area (Å²) in [5.74, 6) is 1.37. The lowest BCUT2D eigenvalue weighted by Gasteiger charge is -2.27. The van der Waals surface area contributed by atoms with Crippen molar-refractivity contribution in [3.63, 3.8) is 0 Å². The van der Waals surface area contributed by atoms with Crippen molar-refractivity contribution < 1.29 is 9.32 Å². The fraction of sp³-hybridized carbons (Fsp3) is 0.400. The van der Waals surface area contributed by atoms with E-state index in [0.29, 0.717) is 23.9 Å². The lowest BCUT2D eigenvalue weighted by molar-refractivity contribution is 0.220. The number of benzene rings is 2. The second-order valence-corrected chi connectivity index (χ2v) is 8.60. The molecule has 7 nitrogen and oxygen atoms in total. The molecule has 0 bridgehead atoms. The van der Waals surface area contributed by atoms with E-state index in [-0.39, 0.29) is 11.9 Å². The van der Waals surface area contributed by atoms with E-state index >= 15 is 0 Å². The second-order valence-electron chi connectivity index (χ2n) is 8.60. The summed E-state index contributed by atoms with van der Waals surface area (Å²) >= 11 is 0. The van der Waals surface area contributed by atoms with Crippen molar-refractivity contribution in [1.82, 2.24) is 20.4 Å². The molecule has 0 radical (unpaired) electrons. The Kier molecular flexibility index (Phi) is 7.17. The maximum Gasteiger partial charge on any atom is 0.319 e. The molecule has 2 heterocycles. The van der Waals surface area contributed by atoms with E-state index in [9.17, 15) is 4.79 Å². The average molecular weight is 434 g/mol. The van der Waals surface area contributed by atoms with Gasteiger partial charge in [0.25, 0.3) is 5.89 Å². The number of rotatable bonds is 7. The van der Waals surface area contributed by atoms with Gasteiger partial charge in [0, 0.05) is 30.3 Å². The van der Waals surface area contributed by atoms with Crippen LogP contribution in [0.5, 0.6) is 0 Å². The van der Waals surface area contributed by atoms with Gasteiger partial charge in [-0.05, 0) is 61.3 Å². The molecule has 0 atom stereocenters. The SMILES string of the molecule is CC(C)c1noc(-c2ccc(NC(=O)NCc3ccccc3CN3CCCCC3)cc2)n1. The van der Waals surface area contributed by atoms with Gasteiger partial charge in [-0.2, -0.15) is 4.98 Å². The van der Waals surface area contributed by atoms with E-state index in [1.165, 1.54) is 24.8 Å². The van der Waals surface area contributed by atoms with Crippen molar-refractivity contribution in [1.29, 1.82) is 0 Å². The van der Waals surface area contributed by atoms with Gasteiger partial charge in [-0.25, -0.2) is 4.79 Å². The van der Waals surface area contributed by atoms with E-state index in [1.54, 1.807) is 0 Å². The van der Waals surface area contributed by atoms with Crippen LogP contribution in [0.15, 0.2) is 53.1 Å². The highest BCUT2D eigenvalue weighted by atomic mass is 16.5. The Bertz CT molecular complexity index is 1020. The Balaban J connectivity index is 1.31. The zero-order valence-electron chi connectivity index (χ0n) is 18.8. The van der Waals surface area contributed by atoms with Crippen LogP contribution in [0, 0.1) is 0 Å². The topological polar surface area (TPSA) is 83.3 Å². The van der Waals surface area contributed by atoms with Gasteiger partial charge < -0.3 is 15.2 Å². The maximum absolute atomic E-state index is 12.4. The second kappa shape index (κ2) is 10.4. The molecule has 1 aliphatic heterocycles. The summed E-state index contributed by atoms with van der Waals surface area (Å²) in [6.07, 6.45) is 3.87. The third-order valence-corrected chi connectivity index (χ3v) is 5.75. The molecule has 0 unspecified atom stereocenters. The number of nitrogens with zero attached hydrogens (tertiary/aromatic N) is 3. The van der Waals surface area contributed by atoms with Gasteiger partial charge in [-0.15, -0.1) is 0 Å². The van der Waals surface area contributed by atoms with Crippen LogP contribution < -0.4 is 10.6 Å². The van der Waals surface area contributed by atoms with E-state index in [2.05, 4.69) is 43.9 Å². The number of anilines is 1. The summed E-state index contributed by atoms with van der Waals surface area (Å²) in [5.41, 5.74) is 3.96. The van der Waals surface area contributed by atoms with E-state index in [0.717, 1.165) is 30.8 Å². The number of nitrogens with one attached hydrogen (secondary N) is 2. The van der Waals surface area contributed by atoms with Crippen molar-refractivity contribution in [2.75, 3.05) is 18.4 Å². The summed E-state index contributed by atoms with van der Waals surface area (Å²) in [4.78, 5) is 19.3. The Morgan fingerprint density at radius 1 is 1.03 bits per heavy atom. The molecule has 168 valence electrons. The van der Waals surface area contributed by atoms with Gasteiger partial charge >= 0.3 is 6.03 Å². The highest BCUT2D eigenvalue weighted by Gasteiger charge is 2.14. The van der Waals surface area contributed by atoms with Crippen LogP contribution in [0.4, 0.5) is 10.5 Å². The first-order chi connectivity index (χ1) is 15.6. The molecule has 7 heteroatoms. The lowest BCUT2D eigenvalue weighted by Crippen LogP contribution is -2.31. The lowest BCUT2D eigenvalue weighted by atomic mass is 10.0. The minimum atomic E-state index is -0.231. The number of piperidine rings is 1. The molecule has 2 N–H and O–H groups in total. The Labute approximate surface area is 189 Å². The average Bonchev–Trinajstić information content (AvgIpc) is 3.31. The van der Waals surface area contributed by atoms with Crippen molar-refractivity contribution in [3.8, 4) is 11.5 Å². The van der Waals surface area contributed by atoms with Crippen LogP contribution in [0.3, 0.4) is 0 Å². The molecule has 0 aliphatic carbocycles. The minimum absolute atomic E-state index is 0.210. The number of carbonyl (C=O) groups excluding carboxylic acids is 1. The van der Waals surface area contributed by atoms with Crippen LogP contribution >= 0.6 is 0 Å². The predicted molar refractivity (Wildman–Crippen MR) is 125 cm³/mol. The Morgan fingerprint density at radius 3 is 2.44 bits per heavy atom. The summed E-state index contributed by atoms with van der Waals surface area (Å²) < 4.78 is 5.32. The third kappa shape index (κ3) is 5.73. The Morgan fingerprint density at radius 2 is 1.75 bits per heavy atom. The first-order valence-electron chi connectivity index (χ1n) is 11.4. The molecule has 1 fully saturated rings. The molecule has 1 aromatic heterocycles. The molecular formula is C25H31N5O2. The minimum Gasteiger partial charge on any atom is -0.334 e. The van der Waals surface area contributed by atoms with Gasteiger partial charge in [-0.1, -0.05) is 49.7 Å². The smallest absolute Gasteiger partial charge is 0.319 e. The predicted octanol–water partition coefficient (Wildman–Crippen LogP) is 5.17. The zero-order chi connectivity index (χ0) is 22.3. The monoisotopic (exact) mass is 433 g/mol. The molecule has 32 heavy (non-hydrogen) atoms. The van der Waals surface area contributed by atoms with Crippen molar-refractivity contribution in [2.45, 2.75) is 52.1 Å². The largest absolute Gasteiger partial charge is 0.334 e. The van der Waals surface area contributed by atoms with Crippen molar-refractivity contribution in [2.24, 2.45) is 0 Å². The van der Waals surface area contributed by atoms with E-state index in [1.807, 2.05) is 44.2 Å². The molecule has 0 saturated carbocycles. The van der Waals surface area contributed by atoms with Gasteiger partial charge in [0.1, 0.15) is 0 Å². The molecule has 1 saturated heterocycles. The standard InChI is InChI=1S/C25H31N5O2/c1-18(2)23-28-24(32-29-23)19-10-12-22(13-11-19)27-25(31)26-16-20-8-4-5-9-21(20)17-30-14-6-3-7-15-30/h4-5,8-13,18H,3,6-7,14-17H2,1-2H3,(H2,26,27,31). The molecule has 0 spiro atoms. The molecule has 1 aliphatic rings. The number of hydrogen-bond donors (Lipinski definition) is 2. The van der Waals surface area contributed by atoms with Gasteiger partial charge in [0.15, 0.2) is 5.82 Å². The maximum atomic E-state index is 12.4. The van der Waals surface area contributed by atoms with Crippen LogP contribution in [0.2, 0.25) is 0 Å². The third-order valence-electron chi connectivity index (χ3n) is 5.75. The molecule has 3 aromatic rings. The van der Waals surface area contributed by atoms with Crippen LogP contribution in [0.1, 0.15) is 56.0 Å². The fourth-order valence-electron chi connectivity index (χ4n) is 3.88. The zero-order valence-corrected chi connectivity index (χ0v) is 18.8. The highest BCUT2D eigenvalue weighted by molar-refractivity contribution is 5.89. The number of amides is 2. The number of likely N-dealkylation sites (tertiary alicyclic amines) is 1. The van der Waals surface area contributed by atoms with E-state index < -0.39 is 0 Å². The van der Waals surface area contributed by atoms with Crippen molar-refractivity contribution in [3.05, 3.63) is 65.5 Å². The molecule has 2 aromatic carbocycles. The summed E-state index contributed by atoms with van der Waals surface area (Å²) in [7, 11) is 0. The number of aromatic nitrogens is 2.